The van der Waals surface area contributed by atoms with Gasteiger partial charge in [0.15, 0.2) is 5.66 Å². The Bertz CT molecular complexity index is 248. The monoisotopic (exact) mass is 364 g/mol. The zero-order chi connectivity index (χ0) is 12.6. The van der Waals surface area contributed by atoms with Crippen molar-refractivity contribution in [2.75, 3.05) is 24.2 Å². The number of carbonyl (C=O) groups excluding carboxylic acids is 1. The topological polar surface area (TPSA) is 61.8 Å². The molecule has 0 heterocycles. The fourth-order valence-electron chi connectivity index (χ4n) is 1.09. The van der Waals surface area contributed by atoms with E-state index in [1.165, 1.54) is 0 Å². The van der Waals surface area contributed by atoms with Crippen molar-refractivity contribution < 1.29 is 23.1 Å². The molecule has 16 heavy (non-hydrogen) atoms. The predicted octanol–water partition coefficient (Wildman–Crippen LogP) is 2.62. The molecule has 0 aromatic heterocycles. The quantitative estimate of drug-likeness (QED) is 0.287. The third-order valence-corrected chi connectivity index (χ3v) is 5.68. The Kier molecular flexibility index (Phi) is 8.63. The molecule has 96 valence electrons. The average molecular weight is 364 g/mol. The summed E-state index contributed by atoms with van der Waals surface area (Å²) in [5, 5.41) is 0. The first kappa shape index (κ1) is 16.4. The van der Waals surface area contributed by atoms with E-state index in [-0.39, 0.29) is 19.8 Å². The van der Waals surface area contributed by atoms with Crippen molar-refractivity contribution in [2.24, 2.45) is 0 Å². The molecule has 0 bridgehead atoms. The SMILES string of the molecule is CCOC(=O)C(CI)P(=O)(OCC)OCC. The number of hydrogen-bond donors (Lipinski definition) is 0. The van der Waals surface area contributed by atoms with Crippen LogP contribution in [0, 0.1) is 0 Å². The van der Waals surface area contributed by atoms with E-state index in [0.717, 1.165) is 0 Å². The average Bonchev–Trinajstić information content (AvgIpc) is 2.19. The summed E-state index contributed by atoms with van der Waals surface area (Å²) in [7, 11) is -3.40. The molecule has 0 aliphatic heterocycles. The summed E-state index contributed by atoms with van der Waals surface area (Å²) in [6.07, 6.45) is 0. The van der Waals surface area contributed by atoms with Crippen molar-refractivity contribution in [3.63, 3.8) is 0 Å². The largest absolute Gasteiger partial charge is 0.465 e. The Morgan fingerprint density at radius 3 is 2.00 bits per heavy atom. The first-order valence-corrected chi connectivity index (χ1v) is 8.30. The second-order valence-electron chi connectivity index (χ2n) is 2.80. The Morgan fingerprint density at radius 1 is 1.19 bits per heavy atom. The minimum Gasteiger partial charge on any atom is -0.465 e. The molecule has 5 nitrogen and oxygen atoms in total. The van der Waals surface area contributed by atoms with Crippen LogP contribution in [0.1, 0.15) is 20.8 Å². The van der Waals surface area contributed by atoms with Gasteiger partial charge in [0.2, 0.25) is 0 Å². The maximum atomic E-state index is 12.3. The third-order valence-electron chi connectivity index (χ3n) is 1.70. The Morgan fingerprint density at radius 2 is 1.69 bits per heavy atom. The number of hydrogen-bond acceptors (Lipinski definition) is 5. The number of rotatable bonds is 8. The van der Waals surface area contributed by atoms with Gasteiger partial charge in [0.1, 0.15) is 0 Å². The second kappa shape index (κ2) is 8.44. The van der Waals surface area contributed by atoms with Gasteiger partial charge in [-0.05, 0) is 20.8 Å². The van der Waals surface area contributed by atoms with Crippen molar-refractivity contribution in [1.29, 1.82) is 0 Å². The lowest BCUT2D eigenvalue weighted by atomic mass is 10.5. The lowest BCUT2D eigenvalue weighted by Gasteiger charge is -2.23. The summed E-state index contributed by atoms with van der Waals surface area (Å²) >= 11 is 1.98. The van der Waals surface area contributed by atoms with Gasteiger partial charge in [-0.25, -0.2) is 0 Å². The van der Waals surface area contributed by atoms with E-state index in [2.05, 4.69) is 0 Å². The van der Waals surface area contributed by atoms with E-state index in [1.54, 1.807) is 20.8 Å². The van der Waals surface area contributed by atoms with Crippen LogP contribution in [0.5, 0.6) is 0 Å². The summed E-state index contributed by atoms with van der Waals surface area (Å²) in [5.41, 5.74) is -0.840. The van der Waals surface area contributed by atoms with Crippen molar-refractivity contribution in [1.82, 2.24) is 0 Å². The highest BCUT2D eigenvalue weighted by Gasteiger charge is 2.41. The molecule has 0 radical (unpaired) electrons. The highest BCUT2D eigenvalue weighted by molar-refractivity contribution is 14.1. The Labute approximate surface area is 110 Å². The van der Waals surface area contributed by atoms with Gasteiger partial charge >= 0.3 is 13.6 Å². The van der Waals surface area contributed by atoms with Gasteiger partial charge in [0, 0.05) is 4.43 Å². The lowest BCUT2D eigenvalue weighted by Crippen LogP contribution is -2.27. The van der Waals surface area contributed by atoms with Crippen LogP contribution in [0.3, 0.4) is 0 Å². The van der Waals surface area contributed by atoms with Gasteiger partial charge in [0.25, 0.3) is 0 Å². The maximum Gasteiger partial charge on any atom is 0.345 e. The smallest absolute Gasteiger partial charge is 0.345 e. The van der Waals surface area contributed by atoms with Crippen LogP contribution >= 0.6 is 30.2 Å². The first-order chi connectivity index (χ1) is 7.55. The molecule has 0 rings (SSSR count). The normalized spacial score (nSPS) is 13.5. The summed E-state index contributed by atoms with van der Waals surface area (Å²) in [4.78, 5) is 11.6. The van der Waals surface area contributed by atoms with E-state index in [9.17, 15) is 9.36 Å². The summed E-state index contributed by atoms with van der Waals surface area (Å²) in [5.74, 6) is -0.526. The van der Waals surface area contributed by atoms with E-state index < -0.39 is 19.2 Å². The molecular formula is C9H18IO5P. The van der Waals surface area contributed by atoms with E-state index in [1.807, 2.05) is 22.6 Å². The Hall–Kier alpha value is 0.350. The number of ether oxygens (including phenoxy) is 1. The van der Waals surface area contributed by atoms with E-state index in [4.69, 9.17) is 13.8 Å². The van der Waals surface area contributed by atoms with Crippen molar-refractivity contribution in [2.45, 2.75) is 26.4 Å². The van der Waals surface area contributed by atoms with Gasteiger partial charge in [-0.15, -0.1) is 0 Å². The highest BCUT2D eigenvalue weighted by atomic mass is 127. The third kappa shape index (κ3) is 4.69. The van der Waals surface area contributed by atoms with Gasteiger partial charge in [-0.3, -0.25) is 9.36 Å². The summed E-state index contributed by atoms with van der Waals surface area (Å²) < 4.78 is 27.7. The molecule has 0 fully saturated rings. The van der Waals surface area contributed by atoms with Gasteiger partial charge in [0.05, 0.1) is 19.8 Å². The van der Waals surface area contributed by atoms with E-state index in [0.29, 0.717) is 4.43 Å². The zero-order valence-electron chi connectivity index (χ0n) is 9.77. The van der Waals surface area contributed by atoms with Gasteiger partial charge in [-0.1, -0.05) is 22.6 Å². The fraction of sp³-hybridized carbons (Fsp3) is 0.889. The molecule has 0 aromatic carbocycles. The van der Waals surface area contributed by atoms with Gasteiger partial charge in [-0.2, -0.15) is 0 Å². The predicted molar refractivity (Wildman–Crippen MR) is 70.2 cm³/mol. The van der Waals surface area contributed by atoms with Crippen LogP contribution in [0.4, 0.5) is 0 Å². The molecule has 0 amide bonds. The fourth-order valence-corrected chi connectivity index (χ4v) is 4.56. The van der Waals surface area contributed by atoms with Crippen molar-refractivity contribution >= 4 is 36.2 Å². The van der Waals surface area contributed by atoms with Crippen LogP contribution < -0.4 is 0 Å². The molecule has 0 spiro atoms. The zero-order valence-corrected chi connectivity index (χ0v) is 12.8. The molecular weight excluding hydrogens is 346 g/mol. The first-order valence-electron chi connectivity index (χ1n) is 5.17. The summed E-state index contributed by atoms with van der Waals surface area (Å²) in [6.45, 7) is 5.86. The molecule has 0 aromatic rings. The molecule has 0 aliphatic rings. The minimum absolute atomic E-state index is 0.240. The summed E-state index contributed by atoms with van der Waals surface area (Å²) in [6, 6.07) is 0. The second-order valence-corrected chi connectivity index (χ2v) is 5.90. The number of alkyl halides is 1. The standard InChI is InChI=1S/C9H18IO5P/c1-4-13-9(11)8(7-10)16(12,14-5-2)15-6-3/h8H,4-7H2,1-3H3. The van der Waals surface area contributed by atoms with Crippen molar-refractivity contribution in [3.8, 4) is 0 Å². The molecule has 0 saturated heterocycles. The van der Waals surface area contributed by atoms with E-state index >= 15 is 0 Å². The minimum atomic E-state index is -3.40. The molecule has 1 unspecified atom stereocenters. The van der Waals surface area contributed by atoms with Gasteiger partial charge < -0.3 is 13.8 Å². The van der Waals surface area contributed by atoms with Crippen LogP contribution in [0.15, 0.2) is 0 Å². The van der Waals surface area contributed by atoms with Crippen LogP contribution in [0.25, 0.3) is 0 Å². The molecule has 1 atom stereocenters. The molecule has 7 heteroatoms. The van der Waals surface area contributed by atoms with Crippen LogP contribution in [-0.2, 0) is 23.1 Å². The Balaban J connectivity index is 4.83. The number of halogens is 1. The lowest BCUT2D eigenvalue weighted by molar-refractivity contribution is -0.142. The molecule has 0 aliphatic carbocycles. The maximum absolute atomic E-state index is 12.3. The number of esters is 1. The molecule has 0 saturated carbocycles. The van der Waals surface area contributed by atoms with Crippen molar-refractivity contribution in [3.05, 3.63) is 0 Å². The van der Waals surface area contributed by atoms with Crippen LogP contribution in [-0.4, -0.2) is 35.9 Å². The number of carbonyl (C=O) groups is 1. The highest BCUT2D eigenvalue weighted by Crippen LogP contribution is 2.53. The van der Waals surface area contributed by atoms with Crippen LogP contribution in [0.2, 0.25) is 0 Å². The molecule has 0 N–H and O–H groups in total.